The number of carbonyl (C=O) groups excluding carboxylic acids is 1. The zero-order valence-electron chi connectivity index (χ0n) is 13.5. The van der Waals surface area contributed by atoms with E-state index < -0.39 is 0 Å². The minimum absolute atomic E-state index is 0.00196. The summed E-state index contributed by atoms with van der Waals surface area (Å²) in [5, 5.41) is 8.76. The summed E-state index contributed by atoms with van der Waals surface area (Å²) in [6.07, 6.45) is 2.54. The van der Waals surface area contributed by atoms with Crippen LogP contribution in [0.4, 0.5) is 0 Å². The standard InChI is InChI=1S/C18H24N2O3/c1-15-13-17(14-19-15)18(22)20(9-11-23-12-10-21)8-7-16-5-3-2-4-6-16/h2-6,13-14,19,21H,7-12H2,1H3. The highest BCUT2D eigenvalue weighted by Crippen LogP contribution is 2.09. The summed E-state index contributed by atoms with van der Waals surface area (Å²) in [5.74, 6) is -0.00196. The molecule has 0 fully saturated rings. The van der Waals surface area contributed by atoms with Gasteiger partial charge in [-0.25, -0.2) is 0 Å². The first-order chi connectivity index (χ1) is 11.2. The van der Waals surface area contributed by atoms with Crippen LogP contribution in [0.3, 0.4) is 0 Å². The Morgan fingerprint density at radius 2 is 2.00 bits per heavy atom. The summed E-state index contributed by atoms with van der Waals surface area (Å²) in [6, 6.07) is 12.0. The monoisotopic (exact) mass is 316 g/mol. The van der Waals surface area contributed by atoms with Crippen LogP contribution in [0.15, 0.2) is 42.6 Å². The van der Waals surface area contributed by atoms with E-state index in [1.807, 2.05) is 31.2 Å². The lowest BCUT2D eigenvalue weighted by Crippen LogP contribution is -2.35. The molecule has 0 saturated carbocycles. The van der Waals surface area contributed by atoms with Crippen molar-refractivity contribution in [2.45, 2.75) is 13.3 Å². The van der Waals surface area contributed by atoms with Crippen molar-refractivity contribution in [3.63, 3.8) is 0 Å². The van der Waals surface area contributed by atoms with Crippen LogP contribution in [-0.4, -0.2) is 53.8 Å². The number of aryl methyl sites for hydroxylation is 1. The fourth-order valence-corrected chi connectivity index (χ4v) is 2.38. The molecule has 0 unspecified atom stereocenters. The molecule has 0 spiro atoms. The minimum atomic E-state index is -0.00499. The van der Waals surface area contributed by atoms with Crippen LogP contribution in [0, 0.1) is 6.92 Å². The molecule has 0 bridgehead atoms. The van der Waals surface area contributed by atoms with E-state index >= 15 is 0 Å². The van der Waals surface area contributed by atoms with Crippen molar-refractivity contribution < 1.29 is 14.6 Å². The Bertz CT molecular complexity index is 595. The number of hydrogen-bond donors (Lipinski definition) is 2. The molecule has 2 N–H and O–H groups in total. The number of benzene rings is 1. The summed E-state index contributed by atoms with van der Waals surface area (Å²) in [4.78, 5) is 17.5. The van der Waals surface area contributed by atoms with Crippen LogP contribution in [0.25, 0.3) is 0 Å². The van der Waals surface area contributed by atoms with Crippen molar-refractivity contribution >= 4 is 5.91 Å². The molecule has 0 aliphatic carbocycles. The Balaban J connectivity index is 1.97. The second-order valence-electron chi connectivity index (χ2n) is 5.44. The van der Waals surface area contributed by atoms with Crippen molar-refractivity contribution in [3.8, 4) is 0 Å². The Labute approximate surface area is 136 Å². The third-order valence-electron chi connectivity index (χ3n) is 3.62. The zero-order chi connectivity index (χ0) is 16.5. The molecule has 5 nitrogen and oxygen atoms in total. The molecule has 0 atom stereocenters. The smallest absolute Gasteiger partial charge is 0.255 e. The summed E-state index contributed by atoms with van der Waals surface area (Å²) < 4.78 is 5.30. The molecule has 0 radical (unpaired) electrons. The molecular formula is C18H24N2O3. The highest BCUT2D eigenvalue weighted by atomic mass is 16.5. The van der Waals surface area contributed by atoms with Gasteiger partial charge in [0.05, 0.1) is 25.4 Å². The van der Waals surface area contributed by atoms with Crippen molar-refractivity contribution in [2.24, 2.45) is 0 Å². The minimum Gasteiger partial charge on any atom is -0.394 e. The molecule has 1 heterocycles. The number of carbonyl (C=O) groups is 1. The lowest BCUT2D eigenvalue weighted by atomic mass is 10.1. The third-order valence-corrected chi connectivity index (χ3v) is 3.62. The van der Waals surface area contributed by atoms with E-state index in [0.29, 0.717) is 31.9 Å². The number of amides is 1. The number of aliphatic hydroxyl groups is 1. The molecule has 0 aliphatic rings. The summed E-state index contributed by atoms with van der Waals surface area (Å²) in [6.45, 7) is 3.78. The normalized spacial score (nSPS) is 10.7. The number of rotatable bonds is 9. The molecule has 2 rings (SSSR count). The number of aromatic amines is 1. The number of H-pyrrole nitrogens is 1. The third kappa shape index (κ3) is 5.54. The molecule has 1 aromatic heterocycles. The van der Waals surface area contributed by atoms with Gasteiger partial charge in [-0.1, -0.05) is 30.3 Å². The summed E-state index contributed by atoms with van der Waals surface area (Å²) in [5.41, 5.74) is 2.83. The Kier molecular flexibility index (Phi) is 6.84. The van der Waals surface area contributed by atoms with Gasteiger partial charge < -0.3 is 19.7 Å². The van der Waals surface area contributed by atoms with Crippen LogP contribution in [0.5, 0.6) is 0 Å². The van der Waals surface area contributed by atoms with Crippen LogP contribution in [0.2, 0.25) is 0 Å². The fourth-order valence-electron chi connectivity index (χ4n) is 2.38. The number of aromatic nitrogens is 1. The number of nitrogens with zero attached hydrogens (tertiary/aromatic N) is 1. The van der Waals surface area contributed by atoms with Gasteiger partial charge in [0, 0.05) is 25.0 Å². The van der Waals surface area contributed by atoms with Gasteiger partial charge in [-0.3, -0.25) is 4.79 Å². The molecule has 2 aromatic rings. The quantitative estimate of drug-likeness (QED) is 0.696. The maximum Gasteiger partial charge on any atom is 0.255 e. The van der Waals surface area contributed by atoms with Gasteiger partial charge in [0.25, 0.3) is 5.91 Å². The maximum atomic E-state index is 12.6. The van der Waals surface area contributed by atoms with E-state index in [-0.39, 0.29) is 12.5 Å². The van der Waals surface area contributed by atoms with Crippen molar-refractivity contribution in [2.75, 3.05) is 32.9 Å². The fraction of sp³-hybridized carbons (Fsp3) is 0.389. The Hall–Kier alpha value is -2.11. The summed E-state index contributed by atoms with van der Waals surface area (Å²) >= 11 is 0. The van der Waals surface area contributed by atoms with Crippen LogP contribution >= 0.6 is 0 Å². The molecule has 0 aliphatic heterocycles. The maximum absolute atomic E-state index is 12.6. The molecule has 1 amide bonds. The van der Waals surface area contributed by atoms with Gasteiger partial charge in [-0.15, -0.1) is 0 Å². The highest BCUT2D eigenvalue weighted by molar-refractivity contribution is 5.94. The number of hydrogen-bond acceptors (Lipinski definition) is 3. The lowest BCUT2D eigenvalue weighted by Gasteiger charge is -2.22. The van der Waals surface area contributed by atoms with E-state index in [1.165, 1.54) is 5.56 Å². The lowest BCUT2D eigenvalue weighted by molar-refractivity contribution is 0.0570. The van der Waals surface area contributed by atoms with Gasteiger partial charge >= 0.3 is 0 Å². The van der Waals surface area contributed by atoms with E-state index in [9.17, 15) is 4.79 Å². The van der Waals surface area contributed by atoms with Crippen LogP contribution < -0.4 is 0 Å². The SMILES string of the molecule is Cc1cc(C(=O)N(CCOCCO)CCc2ccccc2)c[nH]1. The highest BCUT2D eigenvalue weighted by Gasteiger charge is 2.16. The van der Waals surface area contributed by atoms with Crippen molar-refractivity contribution in [1.29, 1.82) is 0 Å². The van der Waals surface area contributed by atoms with Crippen LogP contribution in [0.1, 0.15) is 21.6 Å². The van der Waals surface area contributed by atoms with Gasteiger partial charge in [-0.05, 0) is 25.0 Å². The second-order valence-corrected chi connectivity index (χ2v) is 5.44. The zero-order valence-corrected chi connectivity index (χ0v) is 13.5. The molecule has 1 aromatic carbocycles. The van der Waals surface area contributed by atoms with Gasteiger partial charge in [0.2, 0.25) is 0 Å². The second kappa shape index (κ2) is 9.12. The molecule has 23 heavy (non-hydrogen) atoms. The van der Waals surface area contributed by atoms with E-state index in [0.717, 1.165) is 12.1 Å². The Morgan fingerprint density at radius 1 is 1.22 bits per heavy atom. The van der Waals surface area contributed by atoms with Crippen molar-refractivity contribution in [1.82, 2.24) is 9.88 Å². The Morgan fingerprint density at radius 3 is 2.65 bits per heavy atom. The first-order valence-electron chi connectivity index (χ1n) is 7.87. The number of aliphatic hydroxyl groups excluding tert-OH is 1. The van der Waals surface area contributed by atoms with Gasteiger partial charge in [-0.2, -0.15) is 0 Å². The largest absolute Gasteiger partial charge is 0.394 e. The first kappa shape index (κ1) is 17.2. The molecule has 124 valence electrons. The van der Waals surface area contributed by atoms with E-state index in [1.54, 1.807) is 11.1 Å². The predicted octanol–water partition coefficient (Wildman–Crippen LogP) is 2.02. The molecular weight excluding hydrogens is 292 g/mol. The topological polar surface area (TPSA) is 65.6 Å². The summed E-state index contributed by atoms with van der Waals surface area (Å²) in [7, 11) is 0. The van der Waals surface area contributed by atoms with Crippen LogP contribution in [-0.2, 0) is 11.2 Å². The van der Waals surface area contributed by atoms with Gasteiger partial charge in [0.15, 0.2) is 0 Å². The number of ether oxygens (including phenoxy) is 1. The van der Waals surface area contributed by atoms with E-state index in [2.05, 4.69) is 17.1 Å². The van der Waals surface area contributed by atoms with E-state index in [4.69, 9.17) is 9.84 Å². The van der Waals surface area contributed by atoms with Crippen molar-refractivity contribution in [3.05, 3.63) is 59.4 Å². The predicted molar refractivity (Wildman–Crippen MR) is 89.5 cm³/mol. The number of nitrogens with one attached hydrogen (secondary N) is 1. The van der Waals surface area contributed by atoms with Gasteiger partial charge in [0.1, 0.15) is 0 Å². The molecule has 0 saturated heterocycles. The molecule has 5 heteroatoms. The average Bonchev–Trinajstić information content (AvgIpc) is 3.01. The average molecular weight is 316 g/mol. The first-order valence-corrected chi connectivity index (χ1v) is 7.87.